The lowest BCUT2D eigenvalue weighted by Crippen LogP contribution is -1.94. The van der Waals surface area contributed by atoms with Crippen molar-refractivity contribution in [2.45, 2.75) is 64.1 Å². The molecule has 0 saturated carbocycles. The van der Waals surface area contributed by atoms with Gasteiger partial charge >= 0.3 is 0 Å². The van der Waals surface area contributed by atoms with E-state index in [1.165, 1.54) is 32.1 Å². The second kappa shape index (κ2) is 6.39. The largest absolute Gasteiger partial charge is 0.396 e. The van der Waals surface area contributed by atoms with E-state index in [4.69, 9.17) is 9.84 Å². The third-order valence-corrected chi connectivity index (χ3v) is 2.68. The SMILES string of the molecule is CCCCC1OC1CCCCCO. The molecule has 1 heterocycles. The molecular formula is C11H22O2. The minimum absolute atomic E-state index is 0.338. The second-order valence-electron chi connectivity index (χ2n) is 3.93. The maximum Gasteiger partial charge on any atom is 0.0841 e. The van der Waals surface area contributed by atoms with Crippen LogP contribution in [0.25, 0.3) is 0 Å². The molecule has 0 aliphatic carbocycles. The van der Waals surface area contributed by atoms with Gasteiger partial charge in [0.2, 0.25) is 0 Å². The number of epoxide rings is 1. The van der Waals surface area contributed by atoms with Gasteiger partial charge in [-0.15, -0.1) is 0 Å². The van der Waals surface area contributed by atoms with Crippen LogP contribution in [0.5, 0.6) is 0 Å². The Kier molecular flexibility index (Phi) is 5.40. The van der Waals surface area contributed by atoms with Gasteiger partial charge in [-0.1, -0.05) is 32.6 Å². The Hall–Kier alpha value is -0.0800. The summed E-state index contributed by atoms with van der Waals surface area (Å²) in [5, 5.41) is 8.58. The zero-order chi connectivity index (χ0) is 9.52. The van der Waals surface area contributed by atoms with Crippen LogP contribution in [0.15, 0.2) is 0 Å². The van der Waals surface area contributed by atoms with Crippen LogP contribution in [0.3, 0.4) is 0 Å². The van der Waals surface area contributed by atoms with Crippen LogP contribution < -0.4 is 0 Å². The van der Waals surface area contributed by atoms with E-state index in [1.54, 1.807) is 0 Å². The summed E-state index contributed by atoms with van der Waals surface area (Å²) in [7, 11) is 0. The number of hydrogen-bond donors (Lipinski definition) is 1. The summed E-state index contributed by atoms with van der Waals surface area (Å²) in [4.78, 5) is 0. The molecule has 78 valence electrons. The molecule has 1 rings (SSSR count). The highest BCUT2D eigenvalue weighted by Gasteiger charge is 2.36. The van der Waals surface area contributed by atoms with Gasteiger partial charge in [-0.05, 0) is 19.3 Å². The van der Waals surface area contributed by atoms with Crippen LogP contribution in [-0.4, -0.2) is 23.9 Å². The molecule has 2 unspecified atom stereocenters. The fraction of sp³-hybridized carbons (Fsp3) is 1.00. The molecule has 2 nitrogen and oxygen atoms in total. The molecule has 0 aromatic carbocycles. The van der Waals surface area contributed by atoms with E-state index in [9.17, 15) is 0 Å². The second-order valence-corrected chi connectivity index (χ2v) is 3.93. The molecule has 0 aromatic heterocycles. The average Bonchev–Trinajstić information content (AvgIpc) is 2.88. The monoisotopic (exact) mass is 186 g/mol. The number of aliphatic hydroxyl groups excluding tert-OH is 1. The van der Waals surface area contributed by atoms with Crippen molar-refractivity contribution in [2.75, 3.05) is 6.61 Å². The fourth-order valence-corrected chi connectivity index (χ4v) is 1.73. The summed E-state index contributed by atoms with van der Waals surface area (Å²) in [6.45, 7) is 2.56. The Bertz CT molecular complexity index is 125. The van der Waals surface area contributed by atoms with Crippen molar-refractivity contribution in [3.05, 3.63) is 0 Å². The molecule has 2 atom stereocenters. The van der Waals surface area contributed by atoms with Gasteiger partial charge in [-0.2, -0.15) is 0 Å². The highest BCUT2D eigenvalue weighted by Crippen LogP contribution is 2.31. The van der Waals surface area contributed by atoms with Gasteiger partial charge in [0.25, 0.3) is 0 Å². The minimum atomic E-state index is 0.338. The van der Waals surface area contributed by atoms with Crippen molar-refractivity contribution in [2.24, 2.45) is 0 Å². The molecule has 13 heavy (non-hydrogen) atoms. The first-order chi connectivity index (χ1) is 6.38. The summed E-state index contributed by atoms with van der Waals surface area (Å²) in [5.41, 5.74) is 0. The normalized spacial score (nSPS) is 26.3. The molecule has 0 radical (unpaired) electrons. The number of unbranched alkanes of at least 4 members (excludes halogenated alkanes) is 3. The Labute approximate surface area is 81.3 Å². The minimum Gasteiger partial charge on any atom is -0.396 e. The zero-order valence-corrected chi connectivity index (χ0v) is 8.67. The van der Waals surface area contributed by atoms with Gasteiger partial charge in [0, 0.05) is 6.61 Å². The summed E-state index contributed by atoms with van der Waals surface area (Å²) >= 11 is 0. The van der Waals surface area contributed by atoms with Crippen LogP contribution in [0, 0.1) is 0 Å². The van der Waals surface area contributed by atoms with Crippen molar-refractivity contribution in [3.63, 3.8) is 0 Å². The number of rotatable bonds is 8. The first kappa shape index (κ1) is 11.0. The van der Waals surface area contributed by atoms with Crippen LogP contribution in [0.1, 0.15) is 51.9 Å². The molecule has 0 aromatic rings. The van der Waals surface area contributed by atoms with E-state index in [1.807, 2.05) is 0 Å². The Morgan fingerprint density at radius 2 is 1.69 bits per heavy atom. The van der Waals surface area contributed by atoms with Crippen molar-refractivity contribution in [3.8, 4) is 0 Å². The van der Waals surface area contributed by atoms with E-state index in [2.05, 4.69) is 6.92 Å². The zero-order valence-electron chi connectivity index (χ0n) is 8.67. The fourth-order valence-electron chi connectivity index (χ4n) is 1.73. The van der Waals surface area contributed by atoms with Crippen molar-refractivity contribution in [1.82, 2.24) is 0 Å². The topological polar surface area (TPSA) is 32.8 Å². The molecule has 1 saturated heterocycles. The Balaban J connectivity index is 1.83. The number of aliphatic hydroxyl groups is 1. The quantitative estimate of drug-likeness (QED) is 0.466. The smallest absolute Gasteiger partial charge is 0.0841 e. The van der Waals surface area contributed by atoms with Crippen molar-refractivity contribution < 1.29 is 9.84 Å². The molecule has 2 heteroatoms. The average molecular weight is 186 g/mol. The first-order valence-electron chi connectivity index (χ1n) is 5.64. The van der Waals surface area contributed by atoms with E-state index in [0.717, 1.165) is 12.8 Å². The maximum atomic E-state index is 8.58. The van der Waals surface area contributed by atoms with E-state index in [0.29, 0.717) is 18.8 Å². The standard InChI is InChI=1S/C11H22O2/c1-2-3-7-10-11(13-10)8-5-4-6-9-12/h10-12H,2-9H2,1H3. The molecule has 1 aliphatic heterocycles. The van der Waals surface area contributed by atoms with Gasteiger partial charge in [0.05, 0.1) is 12.2 Å². The lowest BCUT2D eigenvalue weighted by atomic mass is 10.1. The van der Waals surface area contributed by atoms with Gasteiger partial charge in [-0.3, -0.25) is 0 Å². The van der Waals surface area contributed by atoms with Crippen molar-refractivity contribution >= 4 is 0 Å². The summed E-state index contributed by atoms with van der Waals surface area (Å²) in [6, 6.07) is 0. The van der Waals surface area contributed by atoms with E-state index < -0.39 is 0 Å². The number of hydrogen-bond acceptors (Lipinski definition) is 2. The predicted molar refractivity (Wildman–Crippen MR) is 53.7 cm³/mol. The Morgan fingerprint density at radius 1 is 1.00 bits per heavy atom. The third kappa shape index (κ3) is 4.63. The molecule has 0 bridgehead atoms. The van der Waals surface area contributed by atoms with Crippen LogP contribution in [-0.2, 0) is 4.74 Å². The highest BCUT2D eigenvalue weighted by atomic mass is 16.6. The third-order valence-electron chi connectivity index (χ3n) is 2.68. The van der Waals surface area contributed by atoms with Crippen LogP contribution in [0.4, 0.5) is 0 Å². The van der Waals surface area contributed by atoms with E-state index >= 15 is 0 Å². The number of ether oxygens (including phenoxy) is 1. The van der Waals surface area contributed by atoms with Crippen molar-refractivity contribution in [1.29, 1.82) is 0 Å². The maximum absolute atomic E-state index is 8.58. The molecular weight excluding hydrogens is 164 g/mol. The van der Waals surface area contributed by atoms with Gasteiger partial charge in [-0.25, -0.2) is 0 Å². The summed E-state index contributed by atoms with van der Waals surface area (Å²) < 4.78 is 5.54. The van der Waals surface area contributed by atoms with Gasteiger partial charge in [0.15, 0.2) is 0 Å². The highest BCUT2D eigenvalue weighted by molar-refractivity contribution is 4.84. The van der Waals surface area contributed by atoms with Gasteiger partial charge in [0.1, 0.15) is 0 Å². The van der Waals surface area contributed by atoms with E-state index in [-0.39, 0.29) is 0 Å². The predicted octanol–water partition coefficient (Wildman–Crippen LogP) is 2.50. The molecule has 1 N–H and O–H groups in total. The summed E-state index contributed by atoms with van der Waals surface area (Å²) in [6.07, 6.45) is 9.49. The molecule has 1 fully saturated rings. The first-order valence-corrected chi connectivity index (χ1v) is 5.64. The van der Waals surface area contributed by atoms with Gasteiger partial charge < -0.3 is 9.84 Å². The lowest BCUT2D eigenvalue weighted by molar-refractivity contribution is 0.280. The molecule has 0 amide bonds. The summed E-state index contributed by atoms with van der Waals surface area (Å²) in [5.74, 6) is 0. The van der Waals surface area contributed by atoms with Crippen LogP contribution >= 0.6 is 0 Å². The molecule has 1 aliphatic rings. The molecule has 0 spiro atoms. The Morgan fingerprint density at radius 3 is 2.31 bits per heavy atom. The lowest BCUT2D eigenvalue weighted by Gasteiger charge is -1.95. The van der Waals surface area contributed by atoms with Crippen LogP contribution in [0.2, 0.25) is 0 Å².